The number of rotatable bonds is 5. The number of anilines is 1. The fraction of sp³-hybridized carbons (Fsp3) is 0.333. The molecule has 0 unspecified atom stereocenters. The van der Waals surface area contributed by atoms with Crippen LogP contribution in [0, 0.1) is 0 Å². The van der Waals surface area contributed by atoms with E-state index < -0.39 is 0 Å². The summed E-state index contributed by atoms with van der Waals surface area (Å²) < 4.78 is 0. The largest absolute Gasteiger partial charge is 0.345 e. The third kappa shape index (κ3) is 4.60. The quantitative estimate of drug-likeness (QED) is 0.744. The predicted octanol–water partition coefficient (Wildman–Crippen LogP) is 3.42. The van der Waals surface area contributed by atoms with Crippen LogP contribution in [-0.4, -0.2) is 23.9 Å². The van der Waals surface area contributed by atoms with Gasteiger partial charge in [-0.3, -0.25) is 9.59 Å². The van der Waals surface area contributed by atoms with E-state index in [1.807, 2.05) is 11.4 Å². The molecule has 1 aromatic carbocycles. The van der Waals surface area contributed by atoms with Crippen LogP contribution in [0.25, 0.3) is 0 Å². The molecule has 134 valence electrons. The van der Waals surface area contributed by atoms with Gasteiger partial charge in [-0.1, -0.05) is 25.0 Å². The van der Waals surface area contributed by atoms with Gasteiger partial charge in [-0.25, -0.2) is 0 Å². The normalized spacial score (nSPS) is 15.2. The molecular weight excluding hydrogens is 358 g/mol. The lowest BCUT2D eigenvalue weighted by Crippen LogP contribution is -2.51. The number of carbonyl (C=O) groups excluding carboxylic acids is 2. The van der Waals surface area contributed by atoms with Gasteiger partial charge in [0.15, 0.2) is 0 Å². The third-order valence-corrected chi connectivity index (χ3v) is 5.33. The summed E-state index contributed by atoms with van der Waals surface area (Å²) in [7, 11) is 0. The van der Waals surface area contributed by atoms with Gasteiger partial charge in [-0.2, -0.15) is 0 Å². The van der Waals surface area contributed by atoms with E-state index in [2.05, 4.69) is 10.6 Å². The number of hydrogen-bond donors (Lipinski definition) is 3. The second-order valence-electron chi connectivity index (χ2n) is 6.16. The summed E-state index contributed by atoms with van der Waals surface area (Å²) in [5, 5.41) is 7.77. The summed E-state index contributed by atoms with van der Waals surface area (Å²) in [5.41, 5.74) is 6.72. The third-order valence-electron chi connectivity index (χ3n) is 4.46. The summed E-state index contributed by atoms with van der Waals surface area (Å²) in [6.07, 6.45) is 4.02. The first-order valence-corrected chi connectivity index (χ1v) is 8.97. The maximum Gasteiger partial charge on any atom is 0.265 e. The zero-order valence-corrected chi connectivity index (χ0v) is 15.4. The van der Waals surface area contributed by atoms with Gasteiger partial charge in [0.25, 0.3) is 11.8 Å². The molecule has 7 heteroatoms. The summed E-state index contributed by atoms with van der Waals surface area (Å²) in [4.78, 5) is 25.3. The molecule has 1 saturated carbocycles. The summed E-state index contributed by atoms with van der Waals surface area (Å²) in [6, 6.07) is 10.6. The van der Waals surface area contributed by atoms with E-state index in [0.717, 1.165) is 25.7 Å². The van der Waals surface area contributed by atoms with Gasteiger partial charge in [0.2, 0.25) is 0 Å². The topological polar surface area (TPSA) is 84.2 Å². The van der Waals surface area contributed by atoms with Crippen LogP contribution in [0.4, 0.5) is 5.69 Å². The number of halogens is 1. The maximum absolute atomic E-state index is 12.6. The van der Waals surface area contributed by atoms with Gasteiger partial charge in [0.1, 0.15) is 0 Å². The number of hydrogen-bond acceptors (Lipinski definition) is 4. The van der Waals surface area contributed by atoms with E-state index in [1.54, 1.807) is 30.3 Å². The van der Waals surface area contributed by atoms with Crippen LogP contribution >= 0.6 is 23.7 Å². The van der Waals surface area contributed by atoms with Crippen molar-refractivity contribution in [2.45, 2.75) is 31.2 Å². The minimum atomic E-state index is -0.284. The Morgan fingerprint density at radius 3 is 2.52 bits per heavy atom. The average molecular weight is 380 g/mol. The Bertz CT molecular complexity index is 728. The zero-order valence-electron chi connectivity index (χ0n) is 13.8. The highest BCUT2D eigenvalue weighted by molar-refractivity contribution is 7.12. The number of carbonyl (C=O) groups is 2. The van der Waals surface area contributed by atoms with Crippen LogP contribution in [0.1, 0.15) is 45.7 Å². The summed E-state index contributed by atoms with van der Waals surface area (Å²) in [6.45, 7) is 0.452. The lowest BCUT2D eigenvalue weighted by molar-refractivity contribution is 0.0902. The van der Waals surface area contributed by atoms with Crippen molar-refractivity contribution in [2.24, 2.45) is 5.73 Å². The summed E-state index contributed by atoms with van der Waals surface area (Å²) >= 11 is 1.38. The Morgan fingerprint density at radius 2 is 1.88 bits per heavy atom. The summed E-state index contributed by atoms with van der Waals surface area (Å²) in [5.74, 6) is -0.314. The molecule has 0 radical (unpaired) electrons. The Hall–Kier alpha value is -1.89. The Balaban J connectivity index is 0.00000225. The highest BCUT2D eigenvalue weighted by Gasteiger charge is 2.34. The standard InChI is InChI=1S/C18H21N3O2S.ClH/c19-12-18(8-1-2-9-18)21-16(22)13-5-3-6-14(11-13)20-17(23)15-7-4-10-24-15;/h3-7,10-11H,1-2,8-9,12,19H2,(H,20,23)(H,21,22);1H. The van der Waals surface area contributed by atoms with Crippen LogP contribution in [0.15, 0.2) is 41.8 Å². The number of nitrogens with one attached hydrogen (secondary N) is 2. The van der Waals surface area contributed by atoms with Crippen LogP contribution in [0.3, 0.4) is 0 Å². The molecule has 3 rings (SSSR count). The van der Waals surface area contributed by atoms with Gasteiger partial charge < -0.3 is 16.4 Å². The van der Waals surface area contributed by atoms with Crippen LogP contribution in [0.5, 0.6) is 0 Å². The highest BCUT2D eigenvalue weighted by atomic mass is 35.5. The van der Waals surface area contributed by atoms with Crippen molar-refractivity contribution < 1.29 is 9.59 Å². The van der Waals surface area contributed by atoms with Crippen LogP contribution < -0.4 is 16.4 Å². The molecule has 1 aliphatic carbocycles. The second kappa shape index (κ2) is 8.47. The van der Waals surface area contributed by atoms with E-state index in [-0.39, 0.29) is 29.8 Å². The first-order chi connectivity index (χ1) is 11.6. The molecule has 1 aromatic heterocycles. The molecule has 25 heavy (non-hydrogen) atoms. The van der Waals surface area contributed by atoms with Gasteiger partial charge in [-0.05, 0) is 42.5 Å². The van der Waals surface area contributed by atoms with Crippen molar-refractivity contribution in [1.82, 2.24) is 5.32 Å². The smallest absolute Gasteiger partial charge is 0.265 e. The predicted molar refractivity (Wildman–Crippen MR) is 104 cm³/mol. The molecular formula is C18H22ClN3O2S. The molecule has 1 fully saturated rings. The minimum absolute atomic E-state index is 0. The Morgan fingerprint density at radius 1 is 1.12 bits per heavy atom. The average Bonchev–Trinajstić information content (AvgIpc) is 3.27. The first-order valence-electron chi connectivity index (χ1n) is 8.09. The van der Waals surface area contributed by atoms with Crippen LogP contribution in [-0.2, 0) is 0 Å². The SMILES string of the molecule is Cl.NCC1(NC(=O)c2cccc(NC(=O)c3cccs3)c2)CCCC1. The fourth-order valence-electron chi connectivity index (χ4n) is 3.08. The van der Waals surface area contributed by atoms with Crippen molar-refractivity contribution >= 4 is 41.2 Å². The maximum atomic E-state index is 12.6. The Labute approximate surface area is 157 Å². The monoisotopic (exact) mass is 379 g/mol. The molecule has 5 nitrogen and oxygen atoms in total. The van der Waals surface area contributed by atoms with Gasteiger partial charge in [0.05, 0.1) is 10.4 Å². The molecule has 0 atom stereocenters. The van der Waals surface area contributed by atoms with E-state index in [1.165, 1.54) is 11.3 Å². The molecule has 0 bridgehead atoms. The number of amides is 2. The Kier molecular flexibility index (Phi) is 6.58. The minimum Gasteiger partial charge on any atom is -0.345 e. The lowest BCUT2D eigenvalue weighted by atomic mass is 9.97. The molecule has 1 heterocycles. The molecule has 4 N–H and O–H groups in total. The van der Waals surface area contributed by atoms with Crippen LogP contribution in [0.2, 0.25) is 0 Å². The molecule has 1 aliphatic rings. The number of nitrogens with two attached hydrogens (primary N) is 1. The van der Waals surface area contributed by atoms with Crippen molar-refractivity contribution in [1.29, 1.82) is 0 Å². The molecule has 0 spiro atoms. The molecule has 0 saturated heterocycles. The second-order valence-corrected chi connectivity index (χ2v) is 7.11. The molecule has 2 aromatic rings. The number of benzene rings is 1. The van der Waals surface area contributed by atoms with E-state index in [0.29, 0.717) is 22.7 Å². The molecule has 2 amide bonds. The molecule has 0 aliphatic heterocycles. The van der Waals surface area contributed by atoms with E-state index in [4.69, 9.17) is 5.73 Å². The van der Waals surface area contributed by atoms with Gasteiger partial charge >= 0.3 is 0 Å². The van der Waals surface area contributed by atoms with E-state index >= 15 is 0 Å². The van der Waals surface area contributed by atoms with Gasteiger partial charge in [-0.15, -0.1) is 23.7 Å². The van der Waals surface area contributed by atoms with Crippen molar-refractivity contribution in [3.8, 4) is 0 Å². The fourth-order valence-corrected chi connectivity index (χ4v) is 3.70. The van der Waals surface area contributed by atoms with E-state index in [9.17, 15) is 9.59 Å². The zero-order chi connectivity index (χ0) is 17.0. The van der Waals surface area contributed by atoms with Crippen molar-refractivity contribution in [3.05, 3.63) is 52.2 Å². The van der Waals surface area contributed by atoms with Gasteiger partial charge in [0, 0.05) is 17.8 Å². The number of thiophene rings is 1. The highest BCUT2D eigenvalue weighted by Crippen LogP contribution is 2.29. The van der Waals surface area contributed by atoms with Crippen molar-refractivity contribution in [2.75, 3.05) is 11.9 Å². The van der Waals surface area contributed by atoms with Crippen molar-refractivity contribution in [3.63, 3.8) is 0 Å². The first kappa shape index (κ1) is 19.4. The lowest BCUT2D eigenvalue weighted by Gasteiger charge is -2.28.